The number of pyridine rings is 1. The van der Waals surface area contributed by atoms with E-state index in [0.29, 0.717) is 21.9 Å². The van der Waals surface area contributed by atoms with E-state index in [1.165, 1.54) is 12.3 Å². The van der Waals surface area contributed by atoms with Gasteiger partial charge in [-0.05, 0) is 24.3 Å². The molecule has 0 aliphatic carbocycles. The lowest BCUT2D eigenvalue weighted by Crippen LogP contribution is -2.12. The van der Waals surface area contributed by atoms with Crippen molar-refractivity contribution in [1.29, 1.82) is 0 Å². The van der Waals surface area contributed by atoms with Gasteiger partial charge in [0, 0.05) is 11.6 Å². The quantitative estimate of drug-likeness (QED) is 0.777. The van der Waals surface area contributed by atoms with E-state index in [4.69, 9.17) is 21.8 Å². The molecular weight excluding hydrogens is 267 g/mol. The molecule has 0 aliphatic heterocycles. The molecule has 3 rings (SSSR count). The molecule has 0 spiro atoms. The van der Waals surface area contributed by atoms with Crippen molar-refractivity contribution in [3.8, 4) is 0 Å². The monoisotopic (exact) mass is 276 g/mol. The van der Waals surface area contributed by atoms with Gasteiger partial charge in [-0.15, -0.1) is 0 Å². The molecule has 5 heteroatoms. The fraction of sp³-hybridized carbons (Fsp3) is 0.0714. The molecule has 1 aromatic carbocycles. The summed E-state index contributed by atoms with van der Waals surface area (Å²) in [6.07, 6.45) is 1.51. The molecule has 2 heterocycles. The van der Waals surface area contributed by atoms with E-state index in [-0.39, 0.29) is 5.58 Å². The summed E-state index contributed by atoms with van der Waals surface area (Å²) in [5, 5.41) is 1.21. The van der Waals surface area contributed by atoms with Crippen molar-refractivity contribution in [3.05, 3.63) is 64.9 Å². The van der Waals surface area contributed by atoms with Crippen molar-refractivity contribution in [2.75, 3.05) is 0 Å². The predicted molar refractivity (Wildman–Crippen MR) is 71.4 cm³/mol. The third-order valence-electron chi connectivity index (χ3n) is 2.89. The second kappa shape index (κ2) is 4.64. The standard InChI is InChI=1S/C14H10ClFN2O/c15-9-4-5-11(18-7-9)13(17)12-6-8-2-1-3-10(16)14(8)19-12/h1-7,13H,17H2. The minimum atomic E-state index is -0.552. The van der Waals surface area contributed by atoms with E-state index >= 15 is 0 Å². The van der Waals surface area contributed by atoms with Crippen LogP contribution in [0.1, 0.15) is 17.5 Å². The van der Waals surface area contributed by atoms with E-state index < -0.39 is 11.9 Å². The second-order valence-electron chi connectivity index (χ2n) is 4.19. The van der Waals surface area contributed by atoms with Crippen molar-refractivity contribution in [2.45, 2.75) is 6.04 Å². The van der Waals surface area contributed by atoms with Crippen LogP contribution in [0.15, 0.2) is 47.0 Å². The molecule has 1 atom stereocenters. The summed E-state index contributed by atoms with van der Waals surface area (Å²) >= 11 is 5.77. The number of furan rings is 1. The number of rotatable bonds is 2. The first-order valence-corrected chi connectivity index (χ1v) is 6.08. The van der Waals surface area contributed by atoms with Crippen LogP contribution in [0.3, 0.4) is 0 Å². The highest BCUT2D eigenvalue weighted by atomic mass is 35.5. The highest BCUT2D eigenvalue weighted by Crippen LogP contribution is 2.27. The number of para-hydroxylation sites is 1. The highest BCUT2D eigenvalue weighted by molar-refractivity contribution is 6.30. The van der Waals surface area contributed by atoms with Gasteiger partial charge in [0.05, 0.1) is 10.7 Å². The maximum Gasteiger partial charge on any atom is 0.169 e. The molecular formula is C14H10ClFN2O. The molecule has 0 radical (unpaired) electrons. The normalized spacial score (nSPS) is 12.8. The summed E-state index contributed by atoms with van der Waals surface area (Å²) < 4.78 is 19.0. The van der Waals surface area contributed by atoms with E-state index in [1.54, 1.807) is 30.3 Å². The van der Waals surface area contributed by atoms with E-state index in [9.17, 15) is 4.39 Å². The zero-order valence-corrected chi connectivity index (χ0v) is 10.6. The Hall–Kier alpha value is -1.91. The number of nitrogens with two attached hydrogens (primary N) is 1. The Morgan fingerprint density at radius 2 is 2.11 bits per heavy atom. The Kier molecular flexibility index (Phi) is 2.97. The molecule has 3 nitrogen and oxygen atoms in total. The summed E-state index contributed by atoms with van der Waals surface area (Å²) in [5.41, 5.74) is 6.88. The lowest BCUT2D eigenvalue weighted by molar-refractivity contribution is 0.499. The van der Waals surface area contributed by atoms with Crippen LogP contribution in [0.25, 0.3) is 11.0 Å². The van der Waals surface area contributed by atoms with Crippen LogP contribution in [0.2, 0.25) is 5.02 Å². The number of hydrogen-bond donors (Lipinski definition) is 1. The van der Waals surface area contributed by atoms with Gasteiger partial charge >= 0.3 is 0 Å². The van der Waals surface area contributed by atoms with Crippen molar-refractivity contribution >= 4 is 22.6 Å². The molecule has 2 aromatic heterocycles. The minimum Gasteiger partial charge on any atom is -0.456 e. The second-order valence-corrected chi connectivity index (χ2v) is 4.62. The van der Waals surface area contributed by atoms with Gasteiger partial charge < -0.3 is 10.2 Å². The molecule has 2 N–H and O–H groups in total. The third-order valence-corrected chi connectivity index (χ3v) is 3.11. The molecule has 19 heavy (non-hydrogen) atoms. The zero-order chi connectivity index (χ0) is 13.4. The summed E-state index contributed by atoms with van der Waals surface area (Å²) in [7, 11) is 0. The third kappa shape index (κ3) is 2.20. The van der Waals surface area contributed by atoms with Crippen LogP contribution in [0.5, 0.6) is 0 Å². The smallest absolute Gasteiger partial charge is 0.169 e. The Bertz CT molecular complexity index is 724. The summed E-state index contributed by atoms with van der Waals surface area (Å²) in [6, 6.07) is 9.34. The molecule has 0 saturated heterocycles. The van der Waals surface area contributed by atoms with Crippen LogP contribution >= 0.6 is 11.6 Å². The van der Waals surface area contributed by atoms with Crippen LogP contribution in [0, 0.1) is 5.82 Å². The maximum absolute atomic E-state index is 13.6. The molecule has 96 valence electrons. The predicted octanol–water partition coefficient (Wildman–Crippen LogP) is 3.67. The molecule has 0 fully saturated rings. The van der Waals surface area contributed by atoms with Crippen molar-refractivity contribution in [1.82, 2.24) is 4.98 Å². The SMILES string of the molecule is NC(c1ccc(Cl)cn1)c1cc2cccc(F)c2o1. The molecule has 1 unspecified atom stereocenters. The first-order valence-electron chi connectivity index (χ1n) is 5.70. The van der Waals surface area contributed by atoms with Crippen molar-refractivity contribution < 1.29 is 8.81 Å². The number of benzene rings is 1. The number of aromatic nitrogens is 1. The summed E-state index contributed by atoms with van der Waals surface area (Å²) in [6.45, 7) is 0. The Labute approximate surface area is 113 Å². The zero-order valence-electron chi connectivity index (χ0n) is 9.81. The van der Waals surface area contributed by atoms with E-state index in [0.717, 1.165) is 0 Å². The summed E-state index contributed by atoms with van der Waals surface area (Å²) in [4.78, 5) is 4.14. The highest BCUT2D eigenvalue weighted by Gasteiger charge is 2.16. The van der Waals surface area contributed by atoms with E-state index in [1.807, 2.05) is 0 Å². The largest absolute Gasteiger partial charge is 0.456 e. The molecule has 0 bridgehead atoms. The minimum absolute atomic E-state index is 0.210. The molecule has 0 saturated carbocycles. The van der Waals surface area contributed by atoms with Gasteiger partial charge in [0.1, 0.15) is 11.8 Å². The average molecular weight is 277 g/mol. The van der Waals surface area contributed by atoms with Gasteiger partial charge in [-0.1, -0.05) is 23.7 Å². The van der Waals surface area contributed by atoms with Gasteiger partial charge in [-0.3, -0.25) is 4.98 Å². The van der Waals surface area contributed by atoms with Gasteiger partial charge in [0.25, 0.3) is 0 Å². The lowest BCUT2D eigenvalue weighted by atomic mass is 10.1. The van der Waals surface area contributed by atoms with Crippen LogP contribution in [-0.4, -0.2) is 4.98 Å². The van der Waals surface area contributed by atoms with Gasteiger partial charge in [0.15, 0.2) is 11.4 Å². The Morgan fingerprint density at radius 1 is 1.26 bits per heavy atom. The number of nitrogens with zero attached hydrogens (tertiary/aromatic N) is 1. The van der Waals surface area contributed by atoms with Gasteiger partial charge in [-0.25, -0.2) is 4.39 Å². The molecule has 0 amide bonds. The fourth-order valence-corrected chi connectivity index (χ4v) is 2.03. The number of halogens is 2. The number of fused-ring (bicyclic) bond motifs is 1. The first-order chi connectivity index (χ1) is 9.15. The van der Waals surface area contributed by atoms with Gasteiger partial charge in [0.2, 0.25) is 0 Å². The lowest BCUT2D eigenvalue weighted by Gasteiger charge is -2.07. The van der Waals surface area contributed by atoms with Crippen LogP contribution in [0.4, 0.5) is 4.39 Å². The molecule has 3 aromatic rings. The maximum atomic E-state index is 13.6. The van der Waals surface area contributed by atoms with Crippen LogP contribution in [-0.2, 0) is 0 Å². The van der Waals surface area contributed by atoms with Crippen molar-refractivity contribution in [2.24, 2.45) is 5.73 Å². The summed E-state index contributed by atoms with van der Waals surface area (Å²) in [5.74, 6) is 0.0648. The number of hydrogen-bond acceptors (Lipinski definition) is 3. The van der Waals surface area contributed by atoms with Crippen molar-refractivity contribution in [3.63, 3.8) is 0 Å². The van der Waals surface area contributed by atoms with Crippen LogP contribution < -0.4 is 5.73 Å². The average Bonchev–Trinajstić information content (AvgIpc) is 2.84. The first kappa shape index (κ1) is 12.1. The fourth-order valence-electron chi connectivity index (χ4n) is 1.92. The van der Waals surface area contributed by atoms with Gasteiger partial charge in [-0.2, -0.15) is 0 Å². The van der Waals surface area contributed by atoms with E-state index in [2.05, 4.69) is 4.98 Å². The Morgan fingerprint density at radius 3 is 2.79 bits per heavy atom. The molecule has 0 aliphatic rings. The topological polar surface area (TPSA) is 52.0 Å². The Balaban J connectivity index is 2.04.